The Kier molecular flexibility index (Phi) is 8.25. The van der Waals surface area contributed by atoms with Crippen molar-refractivity contribution >= 4 is 34.3 Å². The summed E-state index contributed by atoms with van der Waals surface area (Å²) in [5, 5.41) is 25.1. The number of hydrogen-bond acceptors (Lipinski definition) is 5. The van der Waals surface area contributed by atoms with Crippen LogP contribution in [0.1, 0.15) is 49.9 Å². The molecular weight excluding hydrogens is 653 g/mol. The summed E-state index contributed by atoms with van der Waals surface area (Å²) in [7, 11) is 0. The number of allylic oxidation sites excluding steroid dienone is 4. The number of ether oxygens (including phenoxy) is 1. The summed E-state index contributed by atoms with van der Waals surface area (Å²) in [5.74, 6) is -1.12. The zero-order chi connectivity index (χ0) is 34.0. The molecule has 2 aliphatic rings. The first-order chi connectivity index (χ1) is 20.5. The lowest BCUT2D eigenvalue weighted by atomic mass is 9.70. The smallest absolute Gasteiger partial charge is 0.416 e. The van der Waals surface area contributed by atoms with Crippen LogP contribution >= 0.6 is 23.2 Å². The molecule has 0 aliphatic heterocycles. The van der Waals surface area contributed by atoms with Crippen LogP contribution in [0.2, 0.25) is 0 Å². The monoisotopic (exact) mass is 676 g/mol. The third-order valence-electron chi connectivity index (χ3n) is 8.23. The fraction of sp³-hybridized carbons (Fsp3) is 0.333. The van der Waals surface area contributed by atoms with Crippen LogP contribution in [0.3, 0.4) is 0 Å². The fourth-order valence-corrected chi connectivity index (χ4v) is 5.89. The average molecular weight is 677 g/mol. The Morgan fingerprint density at radius 1 is 0.600 bits per heavy atom. The third kappa shape index (κ3) is 5.39. The summed E-state index contributed by atoms with van der Waals surface area (Å²) < 4.78 is 84.5. The second-order valence-electron chi connectivity index (χ2n) is 11.5. The van der Waals surface area contributed by atoms with E-state index in [-0.39, 0.29) is 22.3 Å². The molecule has 0 aromatic heterocycles. The van der Waals surface area contributed by atoms with Crippen LogP contribution in [-0.2, 0) is 17.1 Å². The Balaban J connectivity index is 1.84. The van der Waals surface area contributed by atoms with E-state index in [1.54, 1.807) is 0 Å². The Morgan fingerprint density at radius 3 is 1.13 bits per heavy atom. The van der Waals surface area contributed by atoms with E-state index < -0.39 is 65.7 Å². The normalized spacial score (nSPS) is 24.5. The highest BCUT2D eigenvalue weighted by atomic mass is 35.5. The van der Waals surface area contributed by atoms with Crippen molar-refractivity contribution in [3.63, 3.8) is 0 Å². The van der Waals surface area contributed by atoms with Crippen molar-refractivity contribution in [1.82, 2.24) is 0 Å². The van der Waals surface area contributed by atoms with Gasteiger partial charge in [0.1, 0.15) is 0 Å². The molecular formula is C30H24Cl2F6N2O5. The van der Waals surface area contributed by atoms with Crippen LogP contribution in [0.5, 0.6) is 0 Å². The van der Waals surface area contributed by atoms with Gasteiger partial charge in [-0.3, -0.25) is 20.2 Å². The van der Waals surface area contributed by atoms with Crippen LogP contribution in [0.15, 0.2) is 84.4 Å². The van der Waals surface area contributed by atoms with Crippen LogP contribution in [-0.4, -0.2) is 19.8 Å². The van der Waals surface area contributed by atoms with Crippen molar-refractivity contribution in [2.75, 3.05) is 0 Å². The molecule has 0 amide bonds. The van der Waals surface area contributed by atoms with Crippen molar-refractivity contribution in [2.45, 2.75) is 50.0 Å². The van der Waals surface area contributed by atoms with E-state index in [0.29, 0.717) is 0 Å². The van der Waals surface area contributed by atoms with E-state index in [1.807, 2.05) is 0 Å². The van der Waals surface area contributed by atoms with E-state index >= 15 is 0 Å². The van der Waals surface area contributed by atoms with E-state index in [1.165, 1.54) is 39.8 Å². The average Bonchev–Trinajstić information content (AvgIpc) is 2.92. The third-order valence-corrected chi connectivity index (χ3v) is 9.82. The summed E-state index contributed by atoms with van der Waals surface area (Å²) in [5.41, 5.74) is -4.42. The topological polar surface area (TPSA) is 95.5 Å². The van der Waals surface area contributed by atoms with Gasteiger partial charge < -0.3 is 4.74 Å². The van der Waals surface area contributed by atoms with Gasteiger partial charge in [0.15, 0.2) is 11.5 Å². The maximum atomic E-state index is 13.1. The molecule has 0 heterocycles. The molecule has 0 N–H and O–H groups in total. The number of benzene rings is 2. The van der Waals surface area contributed by atoms with Gasteiger partial charge in [-0.05, 0) is 110 Å². The molecule has 2 aliphatic carbocycles. The number of halogens is 8. The number of nitro groups is 2. The molecule has 0 radical (unpaired) electrons. The number of nitrogens with zero attached hydrogens (tertiary/aromatic N) is 2. The van der Waals surface area contributed by atoms with Gasteiger partial charge in [-0.2, -0.15) is 26.3 Å². The number of alkyl halides is 8. The Morgan fingerprint density at radius 2 is 0.889 bits per heavy atom. The molecule has 0 saturated carbocycles. The van der Waals surface area contributed by atoms with Gasteiger partial charge in [0, 0.05) is 0 Å². The minimum Gasteiger partial charge on any atom is -0.448 e. The number of rotatable bonds is 6. The van der Waals surface area contributed by atoms with Crippen LogP contribution in [0.4, 0.5) is 26.3 Å². The maximum absolute atomic E-state index is 13.1. The predicted molar refractivity (Wildman–Crippen MR) is 155 cm³/mol. The molecule has 0 spiro atoms. The standard InChI is InChI=1S/C30H24Cl2F6N2O5/c1-25(2)21(17-5-9-19(10-6-17)29(33,34)35)13-15-23(27(25,31)39(41)42)45-24-16-14-22(26(3,4)28(24,32)40(43)44)18-7-11-20(12-8-18)30(36,37)38/h5-16H,1-4H3. The second kappa shape index (κ2) is 10.9. The van der Waals surface area contributed by atoms with E-state index in [9.17, 15) is 46.6 Å². The molecule has 45 heavy (non-hydrogen) atoms. The largest absolute Gasteiger partial charge is 0.448 e. The highest BCUT2D eigenvalue weighted by molar-refractivity contribution is 6.27. The molecule has 4 rings (SSSR count). The molecule has 2 atom stereocenters. The molecule has 2 aromatic carbocycles. The Hall–Kier alpha value is -3.84. The van der Waals surface area contributed by atoms with E-state index in [2.05, 4.69) is 0 Å². The van der Waals surface area contributed by atoms with Gasteiger partial charge in [-0.15, -0.1) is 0 Å². The van der Waals surface area contributed by atoms with Crippen LogP contribution in [0.25, 0.3) is 11.1 Å². The molecule has 0 saturated heterocycles. The van der Waals surface area contributed by atoms with Crippen LogP contribution < -0.4 is 0 Å². The van der Waals surface area contributed by atoms with E-state index in [4.69, 9.17) is 27.9 Å². The molecule has 7 nitrogen and oxygen atoms in total. The molecule has 2 unspecified atom stereocenters. The van der Waals surface area contributed by atoms with Crippen molar-refractivity contribution in [3.05, 3.63) is 127 Å². The lowest BCUT2D eigenvalue weighted by molar-refractivity contribution is -0.558. The Bertz CT molecular complexity index is 1550. The Labute approximate surface area is 262 Å². The fourth-order valence-electron chi connectivity index (χ4n) is 5.48. The summed E-state index contributed by atoms with van der Waals surface area (Å²) in [6.45, 7) is 5.47. The van der Waals surface area contributed by atoms with Gasteiger partial charge in [-0.1, -0.05) is 36.4 Å². The molecule has 240 valence electrons. The summed E-state index contributed by atoms with van der Waals surface area (Å²) in [6, 6.07) is 7.84. The predicted octanol–water partition coefficient (Wildman–Crippen LogP) is 9.48. The van der Waals surface area contributed by atoms with E-state index in [0.717, 1.165) is 60.7 Å². The van der Waals surface area contributed by atoms with Crippen molar-refractivity contribution in [1.29, 1.82) is 0 Å². The lowest BCUT2D eigenvalue weighted by Gasteiger charge is -2.42. The van der Waals surface area contributed by atoms with Gasteiger partial charge in [-0.25, -0.2) is 0 Å². The maximum Gasteiger partial charge on any atom is 0.416 e. The van der Waals surface area contributed by atoms with Crippen molar-refractivity contribution in [2.24, 2.45) is 10.8 Å². The van der Waals surface area contributed by atoms with Gasteiger partial charge in [0.2, 0.25) is 0 Å². The van der Waals surface area contributed by atoms with Crippen LogP contribution in [0, 0.1) is 31.1 Å². The highest BCUT2D eigenvalue weighted by Crippen LogP contribution is 2.58. The minimum absolute atomic E-state index is 0.184. The zero-order valence-corrected chi connectivity index (χ0v) is 25.4. The minimum atomic E-state index is -4.61. The summed E-state index contributed by atoms with van der Waals surface area (Å²) in [4.78, 5) is 18.1. The summed E-state index contributed by atoms with van der Waals surface area (Å²) >= 11 is 13.4. The summed E-state index contributed by atoms with van der Waals surface area (Å²) in [6.07, 6.45) is -4.34. The van der Waals surface area contributed by atoms with Crippen molar-refractivity contribution in [3.8, 4) is 0 Å². The molecule has 0 bridgehead atoms. The highest BCUT2D eigenvalue weighted by Gasteiger charge is 2.67. The van der Waals surface area contributed by atoms with Crippen molar-refractivity contribution < 1.29 is 40.9 Å². The van der Waals surface area contributed by atoms with Gasteiger partial charge in [0.05, 0.1) is 31.8 Å². The second-order valence-corrected chi connectivity index (χ2v) is 12.6. The molecule has 2 aromatic rings. The first kappa shape index (κ1) is 34.0. The zero-order valence-electron chi connectivity index (χ0n) is 23.9. The number of hydrogen-bond donors (Lipinski definition) is 0. The molecule has 15 heteroatoms. The molecule has 0 fully saturated rings. The van der Waals surface area contributed by atoms with Gasteiger partial charge >= 0.3 is 22.3 Å². The lowest BCUT2D eigenvalue weighted by Crippen LogP contribution is -2.53. The first-order valence-corrected chi connectivity index (χ1v) is 13.8. The SMILES string of the molecule is CC1(C)C(c2ccc(C(F)(F)F)cc2)=CC=C(OC2=CC=C(c3ccc(C(F)(F)F)cc3)C(C)(C)C2(Cl)[N+](=O)[O-])C1(Cl)[N+](=O)[O-]. The van der Waals surface area contributed by atoms with Gasteiger partial charge in [0.25, 0.3) is 0 Å². The first-order valence-electron chi connectivity index (χ1n) is 13.1. The quantitative estimate of drug-likeness (QED) is 0.0998.